The van der Waals surface area contributed by atoms with E-state index >= 15 is 4.39 Å². The number of sulfonamides is 1. The first kappa shape index (κ1) is 32.4. The maximum atomic E-state index is 15.4. The number of aryl methyl sites for hydroxylation is 1. The zero-order chi connectivity index (χ0) is 31.0. The van der Waals surface area contributed by atoms with Crippen LogP contribution in [-0.2, 0) is 32.6 Å². The lowest BCUT2D eigenvalue weighted by molar-refractivity contribution is -0.129. The van der Waals surface area contributed by atoms with Crippen LogP contribution < -0.4 is 15.5 Å². The van der Waals surface area contributed by atoms with Crippen molar-refractivity contribution in [3.8, 4) is 11.1 Å². The lowest BCUT2D eigenvalue weighted by Gasteiger charge is -2.19. The normalized spacial score (nSPS) is 12.2. The molecule has 0 spiro atoms. The molecule has 0 radical (unpaired) electrons. The summed E-state index contributed by atoms with van der Waals surface area (Å²) in [5, 5.41) is 16.2. The highest BCUT2D eigenvalue weighted by Crippen LogP contribution is 2.30. The molecule has 1 heterocycles. The standard InChI is InChI=1S/C29H36FN5O6S/c1-5-8-22-16-26(29(38)31-21(13-18(2)3)15-28(37)33-39)32-35(22)17-20-11-12-23(25(30)14-20)24-9-6-7-10-27(24)42(40,41)34-19(4)36/h6-7,9-12,14,16,18,21,39H,5,8,13,15,17H2,1-4H3,(H,31,38)(H,33,37)(H,34,36). The number of nitrogens with zero attached hydrogens (tertiary/aromatic N) is 2. The number of amides is 3. The first-order valence-electron chi connectivity index (χ1n) is 13.6. The number of carbonyl (C=O) groups is 3. The molecule has 1 atom stereocenters. The molecule has 3 aromatic rings. The molecule has 226 valence electrons. The van der Waals surface area contributed by atoms with Crippen molar-refractivity contribution in [2.75, 3.05) is 0 Å². The molecular formula is C29H36FN5O6S. The molecule has 3 amide bonds. The van der Waals surface area contributed by atoms with Crippen LogP contribution >= 0.6 is 0 Å². The van der Waals surface area contributed by atoms with Crippen molar-refractivity contribution in [3.63, 3.8) is 0 Å². The monoisotopic (exact) mass is 601 g/mol. The van der Waals surface area contributed by atoms with E-state index in [-0.39, 0.29) is 40.6 Å². The highest BCUT2D eigenvalue weighted by atomic mass is 32.2. The van der Waals surface area contributed by atoms with Gasteiger partial charge in [0, 0.05) is 36.2 Å². The fraction of sp³-hybridized carbons (Fsp3) is 0.379. The van der Waals surface area contributed by atoms with Crippen LogP contribution in [0.5, 0.6) is 0 Å². The Morgan fingerprint density at radius 1 is 1.07 bits per heavy atom. The molecule has 1 unspecified atom stereocenters. The number of rotatable bonds is 13. The summed E-state index contributed by atoms with van der Waals surface area (Å²) in [6, 6.07) is 11.3. The number of halogens is 1. The average molecular weight is 602 g/mol. The number of hydrogen-bond donors (Lipinski definition) is 4. The Hall–Kier alpha value is -4.10. The second kappa shape index (κ2) is 14.2. The van der Waals surface area contributed by atoms with Gasteiger partial charge in [-0.05, 0) is 42.5 Å². The Morgan fingerprint density at radius 2 is 1.79 bits per heavy atom. The van der Waals surface area contributed by atoms with Gasteiger partial charge in [-0.2, -0.15) is 5.10 Å². The quantitative estimate of drug-likeness (QED) is 0.172. The smallest absolute Gasteiger partial charge is 0.272 e. The van der Waals surface area contributed by atoms with Crippen molar-refractivity contribution < 1.29 is 32.4 Å². The third-order valence-corrected chi connectivity index (χ3v) is 7.85. The van der Waals surface area contributed by atoms with Crippen LogP contribution in [0.15, 0.2) is 53.4 Å². The van der Waals surface area contributed by atoms with Gasteiger partial charge in [0.2, 0.25) is 11.8 Å². The Balaban J connectivity index is 1.88. The van der Waals surface area contributed by atoms with E-state index in [1.54, 1.807) is 28.4 Å². The Labute approximate surface area is 244 Å². The van der Waals surface area contributed by atoms with E-state index in [1.165, 1.54) is 30.3 Å². The Bertz CT molecular complexity index is 1550. The summed E-state index contributed by atoms with van der Waals surface area (Å²) in [4.78, 5) is 35.9. The molecule has 11 nitrogen and oxygen atoms in total. The molecule has 1 aromatic heterocycles. The first-order chi connectivity index (χ1) is 19.8. The zero-order valence-electron chi connectivity index (χ0n) is 24.0. The molecule has 0 aliphatic heterocycles. The van der Waals surface area contributed by atoms with Crippen molar-refractivity contribution in [3.05, 3.63) is 71.3 Å². The van der Waals surface area contributed by atoms with Gasteiger partial charge in [0.15, 0.2) is 0 Å². The summed E-state index contributed by atoms with van der Waals surface area (Å²) in [7, 11) is -4.21. The molecule has 0 aliphatic rings. The lowest BCUT2D eigenvalue weighted by atomic mass is 10.0. The number of aromatic nitrogens is 2. The first-order valence-corrected chi connectivity index (χ1v) is 15.0. The molecule has 3 rings (SSSR count). The zero-order valence-corrected chi connectivity index (χ0v) is 24.8. The third kappa shape index (κ3) is 8.46. The molecule has 0 saturated heterocycles. The number of carbonyl (C=O) groups excluding carboxylic acids is 3. The molecule has 4 N–H and O–H groups in total. The van der Waals surface area contributed by atoms with Gasteiger partial charge in [-0.1, -0.05) is 57.5 Å². The van der Waals surface area contributed by atoms with Gasteiger partial charge in [-0.25, -0.2) is 23.0 Å². The van der Waals surface area contributed by atoms with Crippen LogP contribution in [0, 0.1) is 11.7 Å². The predicted octanol–water partition coefficient (Wildman–Crippen LogP) is 3.55. The summed E-state index contributed by atoms with van der Waals surface area (Å²) in [6.07, 6.45) is 1.80. The molecule has 13 heteroatoms. The summed E-state index contributed by atoms with van der Waals surface area (Å²) in [5.74, 6) is -2.33. The Morgan fingerprint density at radius 3 is 2.40 bits per heavy atom. The summed E-state index contributed by atoms with van der Waals surface area (Å²) >= 11 is 0. The van der Waals surface area contributed by atoms with Crippen molar-refractivity contribution in [1.29, 1.82) is 0 Å². The predicted molar refractivity (Wildman–Crippen MR) is 153 cm³/mol. The summed E-state index contributed by atoms with van der Waals surface area (Å²) in [5.41, 5.74) is 3.17. The van der Waals surface area contributed by atoms with E-state index in [0.717, 1.165) is 19.0 Å². The van der Waals surface area contributed by atoms with Crippen LogP contribution in [0.25, 0.3) is 11.1 Å². The van der Waals surface area contributed by atoms with Gasteiger partial charge in [-0.3, -0.25) is 24.3 Å². The van der Waals surface area contributed by atoms with Crippen LogP contribution in [0.3, 0.4) is 0 Å². The number of nitrogens with one attached hydrogen (secondary N) is 3. The van der Waals surface area contributed by atoms with Crippen molar-refractivity contribution in [2.45, 2.75) is 70.9 Å². The van der Waals surface area contributed by atoms with E-state index < -0.39 is 39.6 Å². The van der Waals surface area contributed by atoms with Crippen molar-refractivity contribution in [2.24, 2.45) is 5.92 Å². The van der Waals surface area contributed by atoms with Gasteiger partial charge in [0.25, 0.3) is 15.9 Å². The van der Waals surface area contributed by atoms with E-state index in [0.29, 0.717) is 18.4 Å². The van der Waals surface area contributed by atoms with Gasteiger partial charge in [-0.15, -0.1) is 0 Å². The van der Waals surface area contributed by atoms with Gasteiger partial charge >= 0.3 is 0 Å². The number of hydroxylamine groups is 1. The SMILES string of the molecule is CCCc1cc(C(=O)NC(CC(=O)NO)CC(C)C)nn1Cc1ccc(-c2ccccc2S(=O)(=O)NC(C)=O)c(F)c1. The van der Waals surface area contributed by atoms with Crippen molar-refractivity contribution in [1.82, 2.24) is 25.3 Å². The number of benzene rings is 2. The maximum Gasteiger partial charge on any atom is 0.272 e. The minimum Gasteiger partial charge on any atom is -0.347 e. The summed E-state index contributed by atoms with van der Waals surface area (Å²) in [6.45, 7) is 7.11. The van der Waals surface area contributed by atoms with Gasteiger partial charge in [0.1, 0.15) is 11.5 Å². The van der Waals surface area contributed by atoms with Crippen LogP contribution in [0.1, 0.15) is 68.7 Å². The largest absolute Gasteiger partial charge is 0.347 e. The number of hydrogen-bond acceptors (Lipinski definition) is 7. The van der Waals surface area contributed by atoms with Crippen LogP contribution in [0.2, 0.25) is 0 Å². The second-order valence-corrected chi connectivity index (χ2v) is 12.1. The fourth-order valence-electron chi connectivity index (χ4n) is 4.67. The van der Waals surface area contributed by atoms with Crippen LogP contribution in [0.4, 0.5) is 4.39 Å². The summed E-state index contributed by atoms with van der Waals surface area (Å²) < 4.78 is 44.3. The topological polar surface area (TPSA) is 159 Å². The van der Waals surface area contributed by atoms with E-state index in [1.807, 2.05) is 25.5 Å². The minimum atomic E-state index is -4.21. The maximum absolute atomic E-state index is 15.4. The van der Waals surface area contributed by atoms with Crippen molar-refractivity contribution >= 4 is 27.7 Å². The van der Waals surface area contributed by atoms with Crippen LogP contribution in [-0.4, -0.2) is 47.2 Å². The molecule has 0 aliphatic carbocycles. The fourth-order valence-corrected chi connectivity index (χ4v) is 5.88. The molecule has 2 aromatic carbocycles. The minimum absolute atomic E-state index is 0.0423. The average Bonchev–Trinajstić information content (AvgIpc) is 3.30. The molecular weight excluding hydrogens is 565 g/mol. The van der Waals surface area contributed by atoms with Gasteiger partial charge < -0.3 is 5.32 Å². The third-order valence-electron chi connectivity index (χ3n) is 6.36. The van der Waals surface area contributed by atoms with E-state index in [9.17, 15) is 22.8 Å². The highest BCUT2D eigenvalue weighted by molar-refractivity contribution is 7.90. The molecule has 0 fully saturated rings. The molecule has 42 heavy (non-hydrogen) atoms. The Kier molecular flexibility index (Phi) is 10.9. The highest BCUT2D eigenvalue weighted by Gasteiger charge is 2.23. The van der Waals surface area contributed by atoms with Gasteiger partial charge in [0.05, 0.1) is 11.4 Å². The van der Waals surface area contributed by atoms with E-state index in [2.05, 4.69) is 10.4 Å². The molecule has 0 saturated carbocycles. The second-order valence-electron chi connectivity index (χ2n) is 10.4. The molecule has 0 bridgehead atoms. The van der Waals surface area contributed by atoms with E-state index in [4.69, 9.17) is 5.21 Å². The lowest BCUT2D eigenvalue weighted by Crippen LogP contribution is -2.39.